The van der Waals surface area contributed by atoms with Crippen LogP contribution in [0, 0.1) is 18.8 Å². The van der Waals surface area contributed by atoms with Crippen molar-refractivity contribution in [3.8, 4) is 0 Å². The summed E-state index contributed by atoms with van der Waals surface area (Å²) < 4.78 is 4.87. The highest BCUT2D eigenvalue weighted by Gasteiger charge is 2.28. The smallest absolute Gasteiger partial charge is 0.315 e. The molecule has 0 radical (unpaired) electrons. The second-order valence-electron chi connectivity index (χ2n) is 6.33. The van der Waals surface area contributed by atoms with Gasteiger partial charge in [0.05, 0.1) is 6.54 Å². The van der Waals surface area contributed by atoms with Crippen molar-refractivity contribution in [1.29, 1.82) is 0 Å². The first-order valence-corrected chi connectivity index (χ1v) is 7.88. The van der Waals surface area contributed by atoms with Gasteiger partial charge < -0.3 is 15.2 Å². The first-order valence-electron chi connectivity index (χ1n) is 7.88. The van der Waals surface area contributed by atoms with Crippen LogP contribution in [0.4, 0.5) is 4.79 Å². The van der Waals surface area contributed by atoms with E-state index in [1.165, 1.54) is 25.7 Å². The maximum absolute atomic E-state index is 12.0. The molecule has 0 spiro atoms. The molecule has 0 saturated heterocycles. The fourth-order valence-corrected chi connectivity index (χ4v) is 2.91. The molecule has 2 unspecified atom stereocenters. The maximum Gasteiger partial charge on any atom is 0.315 e. The number of rotatable bonds is 6. The zero-order valence-electron chi connectivity index (χ0n) is 13.2. The van der Waals surface area contributed by atoms with E-state index in [0.717, 1.165) is 12.3 Å². The molecule has 6 nitrogen and oxygen atoms in total. The number of aromatic nitrogens is 2. The predicted octanol–water partition coefficient (Wildman–Crippen LogP) is 2.78. The van der Waals surface area contributed by atoms with Gasteiger partial charge in [0.2, 0.25) is 5.89 Å². The van der Waals surface area contributed by atoms with Crippen LogP contribution in [0.25, 0.3) is 0 Å². The summed E-state index contributed by atoms with van der Waals surface area (Å²) in [7, 11) is 0. The van der Waals surface area contributed by atoms with Crippen LogP contribution in [0.1, 0.15) is 57.7 Å². The molecule has 2 amide bonds. The third-order valence-electron chi connectivity index (χ3n) is 4.07. The molecule has 1 aromatic heterocycles. The van der Waals surface area contributed by atoms with Crippen LogP contribution in [-0.2, 0) is 6.54 Å². The molecule has 0 bridgehead atoms. The van der Waals surface area contributed by atoms with E-state index < -0.39 is 0 Å². The average Bonchev–Trinajstić information content (AvgIpc) is 3.03. The minimum Gasteiger partial charge on any atom is -0.340 e. The number of amides is 2. The average molecular weight is 294 g/mol. The Bertz CT molecular complexity index is 458. The Morgan fingerprint density at radius 3 is 2.90 bits per heavy atom. The first-order chi connectivity index (χ1) is 10.0. The van der Waals surface area contributed by atoms with Crippen molar-refractivity contribution < 1.29 is 9.32 Å². The number of carbonyl (C=O) groups is 1. The molecule has 118 valence electrons. The number of aryl methyl sites for hydroxylation is 1. The summed E-state index contributed by atoms with van der Waals surface area (Å²) in [5.74, 6) is 2.36. The van der Waals surface area contributed by atoms with Crippen molar-refractivity contribution >= 4 is 6.03 Å². The van der Waals surface area contributed by atoms with E-state index in [1.807, 2.05) is 0 Å². The number of hydrogen-bond donors (Lipinski definition) is 2. The third kappa shape index (κ3) is 5.02. The van der Waals surface area contributed by atoms with Crippen molar-refractivity contribution in [2.45, 2.75) is 65.5 Å². The standard InChI is InChI=1S/C15H26N4O2/c1-10(2)7-8-12-5-4-6-13(12)18-15(20)16-9-14-17-11(3)21-19-14/h10,12-13H,4-9H2,1-3H3,(H2,16,18,20). The van der Waals surface area contributed by atoms with Gasteiger partial charge in [0.15, 0.2) is 5.82 Å². The molecule has 1 aliphatic carbocycles. The Morgan fingerprint density at radius 1 is 1.43 bits per heavy atom. The van der Waals surface area contributed by atoms with Crippen molar-refractivity contribution in [2.75, 3.05) is 0 Å². The van der Waals surface area contributed by atoms with Gasteiger partial charge in [-0.1, -0.05) is 31.8 Å². The monoisotopic (exact) mass is 294 g/mol. The highest BCUT2D eigenvalue weighted by atomic mass is 16.5. The van der Waals surface area contributed by atoms with Gasteiger partial charge in [-0.25, -0.2) is 4.79 Å². The molecular weight excluding hydrogens is 268 g/mol. The van der Waals surface area contributed by atoms with E-state index in [0.29, 0.717) is 30.2 Å². The van der Waals surface area contributed by atoms with Gasteiger partial charge in [-0.3, -0.25) is 0 Å². The van der Waals surface area contributed by atoms with Gasteiger partial charge in [0, 0.05) is 13.0 Å². The predicted molar refractivity (Wildman–Crippen MR) is 79.6 cm³/mol. The van der Waals surface area contributed by atoms with E-state index in [1.54, 1.807) is 6.92 Å². The van der Waals surface area contributed by atoms with Crippen LogP contribution in [0.3, 0.4) is 0 Å². The van der Waals surface area contributed by atoms with Crippen molar-refractivity contribution in [1.82, 2.24) is 20.8 Å². The molecule has 1 aromatic rings. The molecule has 2 rings (SSSR count). The van der Waals surface area contributed by atoms with Gasteiger partial charge in [-0.2, -0.15) is 4.98 Å². The number of nitrogens with one attached hydrogen (secondary N) is 2. The van der Waals surface area contributed by atoms with E-state index in [9.17, 15) is 4.79 Å². The van der Waals surface area contributed by atoms with Crippen LogP contribution in [-0.4, -0.2) is 22.2 Å². The Kier molecular flexibility index (Phi) is 5.59. The maximum atomic E-state index is 12.0. The number of urea groups is 1. The summed E-state index contributed by atoms with van der Waals surface area (Å²) in [5, 5.41) is 9.64. The number of carbonyl (C=O) groups excluding carboxylic acids is 1. The second-order valence-corrected chi connectivity index (χ2v) is 6.33. The number of nitrogens with zero attached hydrogens (tertiary/aromatic N) is 2. The van der Waals surface area contributed by atoms with Crippen LogP contribution < -0.4 is 10.6 Å². The molecular formula is C15H26N4O2. The topological polar surface area (TPSA) is 80.0 Å². The van der Waals surface area contributed by atoms with Gasteiger partial charge in [0.25, 0.3) is 0 Å². The molecule has 6 heteroatoms. The second kappa shape index (κ2) is 7.43. The zero-order valence-corrected chi connectivity index (χ0v) is 13.2. The Labute approximate surface area is 126 Å². The number of hydrogen-bond acceptors (Lipinski definition) is 4. The molecule has 1 saturated carbocycles. The lowest BCUT2D eigenvalue weighted by molar-refractivity contribution is 0.231. The van der Waals surface area contributed by atoms with Crippen LogP contribution in [0.15, 0.2) is 4.52 Å². The summed E-state index contributed by atoms with van der Waals surface area (Å²) in [4.78, 5) is 16.0. The minimum absolute atomic E-state index is 0.140. The van der Waals surface area contributed by atoms with Gasteiger partial charge in [0.1, 0.15) is 0 Å². The van der Waals surface area contributed by atoms with Crippen molar-refractivity contribution in [3.05, 3.63) is 11.7 Å². The van der Waals surface area contributed by atoms with Gasteiger partial charge >= 0.3 is 6.03 Å². The SMILES string of the molecule is Cc1nc(CNC(=O)NC2CCCC2CCC(C)C)no1. The van der Waals surface area contributed by atoms with Crippen LogP contribution in [0.2, 0.25) is 0 Å². The fraction of sp³-hybridized carbons (Fsp3) is 0.800. The summed E-state index contributed by atoms with van der Waals surface area (Å²) in [6, 6.07) is 0.162. The van der Waals surface area contributed by atoms with Crippen molar-refractivity contribution in [3.63, 3.8) is 0 Å². The fourth-order valence-electron chi connectivity index (χ4n) is 2.91. The van der Waals surface area contributed by atoms with E-state index >= 15 is 0 Å². The van der Waals surface area contributed by atoms with E-state index in [-0.39, 0.29) is 6.03 Å². The quantitative estimate of drug-likeness (QED) is 0.845. The highest BCUT2D eigenvalue weighted by Crippen LogP contribution is 2.30. The Morgan fingerprint density at radius 2 is 2.24 bits per heavy atom. The Balaban J connectivity index is 1.73. The summed E-state index contributed by atoms with van der Waals surface area (Å²) in [5.41, 5.74) is 0. The van der Waals surface area contributed by atoms with Crippen LogP contribution >= 0.6 is 0 Å². The van der Waals surface area contributed by atoms with Gasteiger partial charge in [-0.15, -0.1) is 0 Å². The summed E-state index contributed by atoms with van der Waals surface area (Å²) in [6.07, 6.45) is 5.94. The van der Waals surface area contributed by atoms with E-state index in [4.69, 9.17) is 4.52 Å². The minimum atomic E-state index is -0.140. The summed E-state index contributed by atoms with van der Waals surface area (Å²) >= 11 is 0. The Hall–Kier alpha value is -1.59. The zero-order chi connectivity index (χ0) is 15.2. The molecule has 21 heavy (non-hydrogen) atoms. The lowest BCUT2D eigenvalue weighted by Gasteiger charge is -2.21. The van der Waals surface area contributed by atoms with Crippen molar-refractivity contribution in [2.24, 2.45) is 11.8 Å². The molecule has 2 atom stereocenters. The summed E-state index contributed by atoms with van der Waals surface area (Å²) in [6.45, 7) is 6.52. The molecule has 2 N–H and O–H groups in total. The molecule has 0 aliphatic heterocycles. The largest absolute Gasteiger partial charge is 0.340 e. The van der Waals surface area contributed by atoms with Gasteiger partial charge in [-0.05, 0) is 31.1 Å². The molecule has 1 fully saturated rings. The lowest BCUT2D eigenvalue weighted by Crippen LogP contribution is -2.43. The molecule has 1 aliphatic rings. The molecule has 0 aromatic carbocycles. The highest BCUT2D eigenvalue weighted by molar-refractivity contribution is 5.74. The van der Waals surface area contributed by atoms with E-state index in [2.05, 4.69) is 34.6 Å². The molecule has 1 heterocycles. The first kappa shape index (κ1) is 15.8. The lowest BCUT2D eigenvalue weighted by atomic mass is 9.94. The van der Waals surface area contributed by atoms with Crippen LogP contribution in [0.5, 0.6) is 0 Å². The normalized spacial score (nSPS) is 21.7. The third-order valence-corrected chi connectivity index (χ3v) is 4.07.